The molecular weight excluding hydrogens is 278 g/mol. The van der Waals surface area contributed by atoms with Gasteiger partial charge in [-0.25, -0.2) is 4.98 Å². The molecule has 0 aliphatic carbocycles. The third-order valence-electron chi connectivity index (χ3n) is 2.92. The number of nitrogens with one attached hydrogen (secondary N) is 1. The summed E-state index contributed by atoms with van der Waals surface area (Å²) in [4.78, 5) is 29.1. The van der Waals surface area contributed by atoms with E-state index in [2.05, 4.69) is 10.3 Å². The molecule has 0 spiro atoms. The molecule has 20 heavy (non-hydrogen) atoms. The first-order valence-corrected chi connectivity index (χ1v) is 7.13. The summed E-state index contributed by atoms with van der Waals surface area (Å²) in [7, 11) is 0. The second-order valence-corrected chi connectivity index (χ2v) is 4.72. The Hall–Kier alpha value is -1.62. The second kappa shape index (κ2) is 8.53. The van der Waals surface area contributed by atoms with E-state index < -0.39 is 0 Å². The van der Waals surface area contributed by atoms with Gasteiger partial charge >= 0.3 is 0 Å². The van der Waals surface area contributed by atoms with Crippen LogP contribution < -0.4 is 5.32 Å². The van der Waals surface area contributed by atoms with Crippen molar-refractivity contribution in [3.8, 4) is 0 Å². The Morgan fingerprint density at radius 3 is 2.50 bits per heavy atom. The van der Waals surface area contributed by atoms with Gasteiger partial charge in [-0.2, -0.15) is 0 Å². The normalized spacial score (nSPS) is 10.2. The molecule has 1 N–H and O–H groups in total. The van der Waals surface area contributed by atoms with E-state index in [0.717, 1.165) is 0 Å². The van der Waals surface area contributed by atoms with Gasteiger partial charge in [-0.05, 0) is 32.4 Å². The molecule has 0 aliphatic rings. The zero-order valence-electron chi connectivity index (χ0n) is 11.9. The van der Waals surface area contributed by atoms with Crippen LogP contribution in [0.15, 0.2) is 18.3 Å². The van der Waals surface area contributed by atoms with E-state index in [1.165, 1.54) is 6.20 Å². The monoisotopic (exact) mass is 297 g/mol. The SMILES string of the molecule is CCN(CC)C(=O)CCCC(=O)Nc1ccc(Cl)nc1. The molecule has 0 atom stereocenters. The number of halogens is 1. The third kappa shape index (κ3) is 5.57. The zero-order valence-corrected chi connectivity index (χ0v) is 12.6. The lowest BCUT2D eigenvalue weighted by Crippen LogP contribution is -2.30. The first-order valence-electron chi connectivity index (χ1n) is 6.76. The standard InChI is InChI=1S/C14H20ClN3O2/c1-3-18(4-2)14(20)7-5-6-13(19)17-11-8-9-12(15)16-10-11/h8-10H,3-7H2,1-2H3,(H,17,19). The Morgan fingerprint density at radius 1 is 1.25 bits per heavy atom. The Labute approximate surface area is 124 Å². The molecule has 0 saturated carbocycles. The lowest BCUT2D eigenvalue weighted by Gasteiger charge is -2.18. The van der Waals surface area contributed by atoms with Crippen LogP contribution in [0.2, 0.25) is 5.15 Å². The molecule has 5 nitrogen and oxygen atoms in total. The van der Waals surface area contributed by atoms with Crippen LogP contribution in [0.3, 0.4) is 0 Å². The predicted molar refractivity (Wildman–Crippen MR) is 79.7 cm³/mol. The largest absolute Gasteiger partial charge is 0.343 e. The van der Waals surface area contributed by atoms with Crippen LogP contribution in [0.5, 0.6) is 0 Å². The lowest BCUT2D eigenvalue weighted by atomic mass is 10.2. The van der Waals surface area contributed by atoms with Gasteiger partial charge in [-0.3, -0.25) is 9.59 Å². The molecule has 1 aromatic rings. The first kappa shape index (κ1) is 16.4. The zero-order chi connectivity index (χ0) is 15.0. The summed E-state index contributed by atoms with van der Waals surface area (Å²) >= 11 is 5.66. The number of nitrogens with zero attached hydrogens (tertiary/aromatic N) is 2. The maximum atomic E-state index is 11.8. The average Bonchev–Trinajstić information content (AvgIpc) is 2.43. The minimum Gasteiger partial charge on any atom is -0.343 e. The van der Waals surface area contributed by atoms with Gasteiger partial charge in [-0.15, -0.1) is 0 Å². The summed E-state index contributed by atoms with van der Waals surface area (Å²) in [6, 6.07) is 3.30. The van der Waals surface area contributed by atoms with Crippen molar-refractivity contribution < 1.29 is 9.59 Å². The van der Waals surface area contributed by atoms with Gasteiger partial charge in [0.2, 0.25) is 11.8 Å². The van der Waals surface area contributed by atoms with E-state index in [-0.39, 0.29) is 11.8 Å². The van der Waals surface area contributed by atoms with Crippen molar-refractivity contribution in [3.63, 3.8) is 0 Å². The quantitative estimate of drug-likeness (QED) is 0.787. The number of pyridine rings is 1. The number of aromatic nitrogens is 1. The van der Waals surface area contributed by atoms with E-state index in [4.69, 9.17) is 11.6 Å². The fourth-order valence-electron chi connectivity index (χ4n) is 1.81. The van der Waals surface area contributed by atoms with Gasteiger partial charge in [0.15, 0.2) is 0 Å². The highest BCUT2D eigenvalue weighted by Crippen LogP contribution is 2.10. The van der Waals surface area contributed by atoms with Crippen molar-refractivity contribution in [1.82, 2.24) is 9.88 Å². The van der Waals surface area contributed by atoms with Crippen LogP contribution in [-0.2, 0) is 9.59 Å². The highest BCUT2D eigenvalue weighted by Gasteiger charge is 2.10. The molecule has 0 radical (unpaired) electrons. The van der Waals surface area contributed by atoms with Crippen LogP contribution in [0.25, 0.3) is 0 Å². The highest BCUT2D eigenvalue weighted by molar-refractivity contribution is 6.29. The summed E-state index contributed by atoms with van der Waals surface area (Å²) in [5.74, 6) is -0.0302. The Morgan fingerprint density at radius 2 is 1.95 bits per heavy atom. The number of hydrogen-bond donors (Lipinski definition) is 1. The fourth-order valence-corrected chi connectivity index (χ4v) is 1.92. The molecule has 0 aromatic carbocycles. The van der Waals surface area contributed by atoms with Crippen LogP contribution in [0, 0.1) is 0 Å². The predicted octanol–water partition coefficient (Wildman–Crippen LogP) is 2.71. The molecule has 2 amide bonds. The first-order chi connectivity index (χ1) is 9.56. The summed E-state index contributed by atoms with van der Waals surface area (Å²) in [6.45, 7) is 5.30. The van der Waals surface area contributed by atoms with Crippen molar-refractivity contribution in [2.75, 3.05) is 18.4 Å². The minimum absolute atomic E-state index is 0.0935. The molecule has 0 aliphatic heterocycles. The number of carbonyl (C=O) groups is 2. The van der Waals surface area contributed by atoms with Crippen LogP contribution in [0.1, 0.15) is 33.1 Å². The molecule has 6 heteroatoms. The fraction of sp³-hybridized carbons (Fsp3) is 0.500. The molecule has 0 fully saturated rings. The number of carbonyl (C=O) groups excluding carboxylic acids is 2. The number of hydrogen-bond acceptors (Lipinski definition) is 3. The molecule has 1 heterocycles. The van der Waals surface area contributed by atoms with Crippen LogP contribution in [0.4, 0.5) is 5.69 Å². The van der Waals surface area contributed by atoms with E-state index >= 15 is 0 Å². The maximum Gasteiger partial charge on any atom is 0.224 e. The van der Waals surface area contributed by atoms with Crippen LogP contribution in [-0.4, -0.2) is 34.8 Å². The van der Waals surface area contributed by atoms with Gasteiger partial charge in [0, 0.05) is 25.9 Å². The van der Waals surface area contributed by atoms with Gasteiger partial charge in [0.1, 0.15) is 5.15 Å². The smallest absolute Gasteiger partial charge is 0.224 e. The van der Waals surface area contributed by atoms with Gasteiger partial charge in [0.25, 0.3) is 0 Å². The number of amides is 2. The van der Waals surface area contributed by atoms with E-state index in [1.54, 1.807) is 17.0 Å². The van der Waals surface area contributed by atoms with E-state index in [0.29, 0.717) is 43.2 Å². The second-order valence-electron chi connectivity index (χ2n) is 4.34. The molecule has 1 aromatic heterocycles. The maximum absolute atomic E-state index is 11.8. The molecule has 110 valence electrons. The van der Waals surface area contributed by atoms with Crippen molar-refractivity contribution >= 4 is 29.1 Å². The Bertz CT molecular complexity index is 444. The molecule has 1 rings (SSSR count). The topological polar surface area (TPSA) is 62.3 Å². The summed E-state index contributed by atoms with van der Waals surface area (Å²) in [5, 5.41) is 3.10. The Balaban J connectivity index is 2.30. The van der Waals surface area contributed by atoms with Crippen molar-refractivity contribution in [1.29, 1.82) is 0 Å². The van der Waals surface area contributed by atoms with Crippen LogP contribution >= 0.6 is 11.6 Å². The number of anilines is 1. The van der Waals surface area contributed by atoms with Gasteiger partial charge in [-0.1, -0.05) is 11.6 Å². The highest BCUT2D eigenvalue weighted by atomic mass is 35.5. The van der Waals surface area contributed by atoms with Gasteiger partial charge < -0.3 is 10.2 Å². The summed E-state index contributed by atoms with van der Waals surface area (Å²) in [5.41, 5.74) is 0.606. The molecule has 0 saturated heterocycles. The molecule has 0 unspecified atom stereocenters. The van der Waals surface area contributed by atoms with E-state index in [9.17, 15) is 9.59 Å². The average molecular weight is 298 g/mol. The third-order valence-corrected chi connectivity index (χ3v) is 3.15. The van der Waals surface area contributed by atoms with Gasteiger partial charge in [0.05, 0.1) is 11.9 Å². The van der Waals surface area contributed by atoms with E-state index in [1.807, 2.05) is 13.8 Å². The Kier molecular flexibility index (Phi) is 7.01. The van der Waals surface area contributed by atoms with Crippen molar-refractivity contribution in [3.05, 3.63) is 23.5 Å². The molecular formula is C14H20ClN3O2. The summed E-state index contributed by atoms with van der Waals surface area (Å²) < 4.78 is 0. The summed E-state index contributed by atoms with van der Waals surface area (Å²) in [6.07, 6.45) is 2.76. The minimum atomic E-state index is -0.124. The number of rotatable bonds is 7. The molecule has 0 bridgehead atoms. The van der Waals surface area contributed by atoms with Crippen molar-refractivity contribution in [2.24, 2.45) is 0 Å². The lowest BCUT2D eigenvalue weighted by molar-refractivity contribution is -0.130. The van der Waals surface area contributed by atoms with Crippen molar-refractivity contribution in [2.45, 2.75) is 33.1 Å².